The maximum absolute atomic E-state index is 13.4. The van der Waals surface area contributed by atoms with Crippen molar-refractivity contribution in [2.24, 2.45) is 0 Å². The van der Waals surface area contributed by atoms with Gasteiger partial charge in [0.05, 0.1) is 5.69 Å². The summed E-state index contributed by atoms with van der Waals surface area (Å²) in [5.41, 5.74) is 2.01. The number of ether oxygens (including phenoxy) is 1. The van der Waals surface area contributed by atoms with Gasteiger partial charge in [0.1, 0.15) is 23.7 Å². The molecule has 1 fully saturated rings. The van der Waals surface area contributed by atoms with Crippen LogP contribution in [-0.4, -0.2) is 17.8 Å². The molecule has 32 heavy (non-hydrogen) atoms. The van der Waals surface area contributed by atoms with E-state index in [1.54, 1.807) is 67.6 Å². The zero-order chi connectivity index (χ0) is 22.7. The van der Waals surface area contributed by atoms with E-state index in [9.17, 15) is 18.8 Å². The Morgan fingerprint density at radius 1 is 0.969 bits per heavy atom. The van der Waals surface area contributed by atoms with Crippen LogP contribution in [0.4, 0.5) is 14.9 Å². The second kappa shape index (κ2) is 8.85. The molecule has 0 atom stereocenters. The molecular weight excluding hydrogens is 411 g/mol. The summed E-state index contributed by atoms with van der Waals surface area (Å²) in [4.78, 5) is 39.0. The minimum absolute atomic E-state index is 0.103. The van der Waals surface area contributed by atoms with E-state index in [2.05, 4.69) is 5.32 Å². The van der Waals surface area contributed by atoms with E-state index in [0.717, 1.165) is 4.90 Å². The number of aryl methyl sites for hydroxylation is 1. The van der Waals surface area contributed by atoms with Crippen molar-refractivity contribution in [3.05, 3.63) is 101 Å². The van der Waals surface area contributed by atoms with Gasteiger partial charge in [-0.2, -0.15) is 0 Å². The van der Waals surface area contributed by atoms with Gasteiger partial charge >= 0.3 is 6.03 Å². The topological polar surface area (TPSA) is 75.7 Å². The number of imide groups is 2. The summed E-state index contributed by atoms with van der Waals surface area (Å²) in [7, 11) is 0. The van der Waals surface area contributed by atoms with Crippen molar-refractivity contribution in [3.8, 4) is 5.75 Å². The number of barbiturate groups is 1. The van der Waals surface area contributed by atoms with Crippen molar-refractivity contribution < 1.29 is 23.5 Å². The van der Waals surface area contributed by atoms with Gasteiger partial charge in [0.2, 0.25) is 0 Å². The molecule has 1 saturated heterocycles. The highest BCUT2D eigenvalue weighted by Gasteiger charge is 2.37. The third-order valence-electron chi connectivity index (χ3n) is 4.96. The van der Waals surface area contributed by atoms with Gasteiger partial charge in [-0.25, -0.2) is 14.1 Å². The molecule has 1 aliphatic rings. The fraction of sp³-hybridized carbons (Fsp3) is 0.0800. The predicted octanol–water partition coefficient (Wildman–Crippen LogP) is 4.38. The molecule has 160 valence electrons. The van der Waals surface area contributed by atoms with Crippen LogP contribution in [0, 0.1) is 12.7 Å². The van der Waals surface area contributed by atoms with Crippen LogP contribution in [0.2, 0.25) is 0 Å². The largest absolute Gasteiger partial charge is 0.488 e. The number of hydrogen-bond donors (Lipinski definition) is 1. The van der Waals surface area contributed by atoms with Crippen molar-refractivity contribution in [3.63, 3.8) is 0 Å². The molecule has 4 amide bonds. The number of urea groups is 1. The number of nitrogens with one attached hydrogen (secondary N) is 1. The van der Waals surface area contributed by atoms with Crippen molar-refractivity contribution in [1.82, 2.24) is 5.32 Å². The molecule has 0 saturated carbocycles. The number of nitrogens with zero attached hydrogens (tertiary/aromatic N) is 1. The normalized spacial score (nSPS) is 15.1. The van der Waals surface area contributed by atoms with Gasteiger partial charge in [-0.05, 0) is 48.4 Å². The predicted molar refractivity (Wildman–Crippen MR) is 117 cm³/mol. The maximum atomic E-state index is 13.4. The molecule has 3 aromatic rings. The highest BCUT2D eigenvalue weighted by molar-refractivity contribution is 6.39. The van der Waals surface area contributed by atoms with Crippen LogP contribution in [0.1, 0.15) is 16.7 Å². The van der Waals surface area contributed by atoms with Gasteiger partial charge in [-0.3, -0.25) is 14.9 Å². The maximum Gasteiger partial charge on any atom is 0.335 e. The van der Waals surface area contributed by atoms with Crippen molar-refractivity contribution in [1.29, 1.82) is 0 Å². The van der Waals surface area contributed by atoms with Crippen LogP contribution in [0.15, 0.2) is 78.4 Å². The first-order valence-corrected chi connectivity index (χ1v) is 9.87. The monoisotopic (exact) mass is 430 g/mol. The molecule has 0 spiro atoms. The Bertz CT molecular complexity index is 1250. The summed E-state index contributed by atoms with van der Waals surface area (Å²) in [5.74, 6) is -1.48. The van der Waals surface area contributed by atoms with Crippen LogP contribution >= 0.6 is 0 Å². The highest BCUT2D eigenvalue weighted by Crippen LogP contribution is 2.27. The lowest BCUT2D eigenvalue weighted by atomic mass is 10.1. The molecule has 0 aromatic heterocycles. The van der Waals surface area contributed by atoms with E-state index < -0.39 is 17.8 Å². The van der Waals surface area contributed by atoms with Gasteiger partial charge in [-0.15, -0.1) is 0 Å². The molecule has 1 aliphatic heterocycles. The first-order chi connectivity index (χ1) is 15.4. The van der Waals surface area contributed by atoms with Gasteiger partial charge < -0.3 is 4.74 Å². The molecule has 0 aliphatic carbocycles. The Morgan fingerprint density at radius 2 is 1.72 bits per heavy atom. The van der Waals surface area contributed by atoms with Crippen LogP contribution < -0.4 is 15.0 Å². The smallest absolute Gasteiger partial charge is 0.335 e. The number of rotatable bonds is 5. The quantitative estimate of drug-likeness (QED) is 0.482. The van der Waals surface area contributed by atoms with Crippen molar-refractivity contribution in [2.75, 3.05) is 4.90 Å². The third kappa shape index (κ3) is 4.27. The summed E-state index contributed by atoms with van der Waals surface area (Å²) in [6, 6.07) is 19.0. The van der Waals surface area contributed by atoms with E-state index in [4.69, 9.17) is 4.74 Å². The lowest BCUT2D eigenvalue weighted by Crippen LogP contribution is -2.54. The second-order valence-corrected chi connectivity index (χ2v) is 7.20. The number of carbonyl (C=O) groups is 3. The van der Waals surface area contributed by atoms with E-state index >= 15 is 0 Å². The molecule has 1 heterocycles. The SMILES string of the molecule is Cc1ccccc1N1C(=O)NC(=O)/C(=C\c2ccccc2OCc2cccc(F)c2)C1=O. The van der Waals surface area contributed by atoms with Crippen molar-refractivity contribution >= 4 is 29.6 Å². The standard InChI is InChI=1S/C25H19FN2O4/c1-16-7-2-4-11-21(16)28-24(30)20(23(29)27-25(28)31)14-18-9-3-5-12-22(18)32-15-17-8-6-10-19(26)13-17/h2-14H,15H2,1H3,(H,27,29,31)/b20-14+. The van der Waals surface area contributed by atoms with E-state index in [-0.39, 0.29) is 18.0 Å². The van der Waals surface area contributed by atoms with Gasteiger partial charge in [0.25, 0.3) is 11.8 Å². The molecular formula is C25H19FN2O4. The summed E-state index contributed by atoms with van der Waals surface area (Å²) in [6.07, 6.45) is 1.39. The Morgan fingerprint density at radius 3 is 2.50 bits per heavy atom. The molecule has 0 bridgehead atoms. The zero-order valence-electron chi connectivity index (χ0n) is 17.2. The van der Waals surface area contributed by atoms with Crippen LogP contribution in [0.25, 0.3) is 6.08 Å². The number of anilines is 1. The highest BCUT2D eigenvalue weighted by atomic mass is 19.1. The first-order valence-electron chi connectivity index (χ1n) is 9.87. The number of amides is 4. The van der Waals surface area contributed by atoms with Gasteiger partial charge in [0.15, 0.2) is 0 Å². The third-order valence-corrected chi connectivity index (χ3v) is 4.96. The molecule has 0 radical (unpaired) electrons. The van der Waals surface area contributed by atoms with E-state index in [0.29, 0.717) is 28.1 Å². The average Bonchev–Trinajstić information content (AvgIpc) is 2.77. The average molecular weight is 430 g/mol. The lowest BCUT2D eigenvalue weighted by Gasteiger charge is -2.27. The molecule has 6 nitrogen and oxygen atoms in total. The summed E-state index contributed by atoms with van der Waals surface area (Å²) in [5, 5.41) is 2.22. The zero-order valence-corrected chi connectivity index (χ0v) is 17.2. The summed E-state index contributed by atoms with van der Waals surface area (Å²) < 4.78 is 19.2. The van der Waals surface area contributed by atoms with Crippen LogP contribution in [0.5, 0.6) is 5.75 Å². The Balaban J connectivity index is 1.65. The summed E-state index contributed by atoms with van der Waals surface area (Å²) in [6.45, 7) is 1.87. The van der Waals surface area contributed by atoms with Crippen LogP contribution in [-0.2, 0) is 16.2 Å². The Labute approximate surface area is 183 Å². The fourth-order valence-electron chi connectivity index (χ4n) is 3.37. The minimum Gasteiger partial charge on any atom is -0.488 e. The minimum atomic E-state index is -0.804. The second-order valence-electron chi connectivity index (χ2n) is 7.20. The van der Waals surface area contributed by atoms with Crippen LogP contribution in [0.3, 0.4) is 0 Å². The van der Waals surface area contributed by atoms with E-state index in [1.807, 2.05) is 0 Å². The Hall–Kier alpha value is -4.26. The molecule has 3 aromatic carbocycles. The summed E-state index contributed by atoms with van der Waals surface area (Å²) >= 11 is 0. The van der Waals surface area contributed by atoms with Crippen molar-refractivity contribution in [2.45, 2.75) is 13.5 Å². The van der Waals surface area contributed by atoms with Gasteiger partial charge in [-0.1, -0.05) is 48.5 Å². The van der Waals surface area contributed by atoms with E-state index in [1.165, 1.54) is 18.2 Å². The number of benzene rings is 3. The fourth-order valence-corrected chi connectivity index (χ4v) is 3.37. The molecule has 4 rings (SSSR count). The number of hydrogen-bond acceptors (Lipinski definition) is 4. The van der Waals surface area contributed by atoms with Gasteiger partial charge in [0, 0.05) is 5.56 Å². The molecule has 1 N–H and O–H groups in total. The number of carbonyl (C=O) groups excluding carboxylic acids is 3. The number of halogens is 1. The first kappa shape index (κ1) is 21.0. The Kier molecular flexibility index (Phi) is 5.81. The molecule has 7 heteroatoms. The lowest BCUT2D eigenvalue weighted by molar-refractivity contribution is -0.122. The number of para-hydroxylation sites is 2. The molecule has 0 unspecified atom stereocenters.